The number of amides is 2. The van der Waals surface area contributed by atoms with Gasteiger partial charge in [-0.3, -0.25) is 14.5 Å². The molecule has 190 valence electrons. The number of carboxylic acids is 1. The fraction of sp³-hybridized carbons (Fsp3) is 0.474. The van der Waals surface area contributed by atoms with Crippen molar-refractivity contribution < 1.29 is 33.2 Å². The van der Waals surface area contributed by atoms with Gasteiger partial charge in [0.2, 0.25) is 11.5 Å². The number of alkyl halides is 1. The molecule has 2 atom stereocenters. The van der Waals surface area contributed by atoms with Crippen molar-refractivity contribution in [2.24, 2.45) is 10.9 Å². The molecule has 35 heavy (non-hydrogen) atoms. The maximum Gasteiger partial charge on any atom is 0.352 e. The third-order valence-corrected chi connectivity index (χ3v) is 7.06. The number of hydrogen-bond acceptors (Lipinski definition) is 11. The molecule has 0 bridgehead atoms. The summed E-state index contributed by atoms with van der Waals surface area (Å²) in [5.41, 5.74) is 11.1. The van der Waals surface area contributed by atoms with E-state index >= 15 is 0 Å². The van der Waals surface area contributed by atoms with Crippen molar-refractivity contribution in [2.75, 3.05) is 52.1 Å². The molecular formula is C19H26FN8O5S2+. The smallest absolute Gasteiger partial charge is 0.352 e. The van der Waals surface area contributed by atoms with Crippen molar-refractivity contribution in [3.8, 4) is 0 Å². The number of aromatic nitrogens is 2. The van der Waals surface area contributed by atoms with Gasteiger partial charge < -0.3 is 31.2 Å². The lowest BCUT2D eigenvalue weighted by atomic mass is 10.0. The number of nitrogens with two attached hydrogens (primary N) is 2. The number of aliphatic carboxylic acids is 1. The molecule has 2 aliphatic rings. The maximum absolute atomic E-state index is 12.9. The number of quaternary nitrogens is 1. The molecule has 2 aliphatic heterocycles. The van der Waals surface area contributed by atoms with Gasteiger partial charge in [0.25, 0.3) is 18.7 Å². The van der Waals surface area contributed by atoms with Crippen molar-refractivity contribution in [3.63, 3.8) is 0 Å². The summed E-state index contributed by atoms with van der Waals surface area (Å²) in [6, 6.07) is -1.03. The zero-order chi connectivity index (χ0) is 25.8. The fourth-order valence-electron chi connectivity index (χ4n) is 3.51. The first-order valence-corrected chi connectivity index (χ1v) is 12.2. The second kappa shape index (κ2) is 11.1. The molecule has 6 N–H and O–H groups in total. The fourth-order valence-corrected chi connectivity index (χ4v) is 5.26. The van der Waals surface area contributed by atoms with Crippen LogP contribution in [0.4, 0.5) is 9.52 Å². The molecule has 0 unspecified atom stereocenters. The Kier molecular flexibility index (Phi) is 8.42. The highest BCUT2D eigenvalue weighted by molar-refractivity contribution is 8.00. The predicted octanol–water partition coefficient (Wildman–Crippen LogP) is -0.902. The topological polar surface area (TPSA) is 186 Å². The number of allylic oxidation sites excluding steroid dienone is 1. The van der Waals surface area contributed by atoms with Crippen molar-refractivity contribution >= 4 is 51.9 Å². The van der Waals surface area contributed by atoms with Crippen LogP contribution in [0.5, 0.6) is 0 Å². The molecule has 0 aromatic carbocycles. The summed E-state index contributed by atoms with van der Waals surface area (Å²) < 4.78 is 16.9. The van der Waals surface area contributed by atoms with Crippen LogP contribution in [0.25, 0.3) is 0 Å². The van der Waals surface area contributed by atoms with E-state index in [2.05, 4.69) is 24.7 Å². The number of anilines is 1. The average Bonchev–Trinajstić information content (AvgIpc) is 3.22. The summed E-state index contributed by atoms with van der Waals surface area (Å²) in [5.74, 6) is -2.60. The first-order valence-electron chi connectivity index (χ1n) is 10.4. The van der Waals surface area contributed by atoms with Crippen LogP contribution in [0.15, 0.2) is 28.6 Å². The number of oxime groups is 1. The van der Waals surface area contributed by atoms with Crippen LogP contribution in [0.3, 0.4) is 0 Å². The molecule has 1 saturated heterocycles. The van der Waals surface area contributed by atoms with Gasteiger partial charge in [0, 0.05) is 23.8 Å². The van der Waals surface area contributed by atoms with Crippen molar-refractivity contribution in [3.05, 3.63) is 29.2 Å². The predicted molar refractivity (Wildman–Crippen MR) is 128 cm³/mol. The van der Waals surface area contributed by atoms with E-state index in [9.17, 15) is 23.9 Å². The lowest BCUT2D eigenvalue weighted by Crippen LogP contribution is -2.71. The standard InChI is InChI=1S/C19H25FN8O5S2/c1-28(2,7-5-21)6-3-4-10-8-34-17-12(16(30)27(17)13(10)18(31)32)23-15(29)11(25-33-9-20)14-24-19(22)35-26-14/h3-4,12,17H,5-9,21H2,1-2H3,(H3-,22,23,24,26,29,31,32)/p+1/b4-3+,25-11-/t12-,17+/m1/s1. The number of fused-ring (bicyclic) bond motifs is 1. The lowest BCUT2D eigenvalue weighted by Gasteiger charge is -2.49. The molecule has 0 spiro atoms. The minimum Gasteiger partial charge on any atom is -0.477 e. The van der Waals surface area contributed by atoms with Crippen molar-refractivity contribution in [1.29, 1.82) is 0 Å². The van der Waals surface area contributed by atoms with E-state index in [-0.39, 0.29) is 16.7 Å². The third-order valence-electron chi connectivity index (χ3n) is 5.21. The van der Waals surface area contributed by atoms with Crippen LogP contribution in [0.2, 0.25) is 0 Å². The second-order valence-electron chi connectivity index (χ2n) is 8.21. The summed E-state index contributed by atoms with van der Waals surface area (Å²) in [4.78, 5) is 46.9. The average molecular weight is 530 g/mol. The summed E-state index contributed by atoms with van der Waals surface area (Å²) in [5, 5.41) is 15.1. The number of rotatable bonds is 11. The Balaban J connectivity index is 1.76. The Labute approximate surface area is 208 Å². The Hall–Kier alpha value is -3.08. The first kappa shape index (κ1) is 26.5. The SMILES string of the molecule is C[N+](C)(C/C=C/C1=C(C(=O)O)N2C(=O)[C@@H](NC(=O)/C(=N\OCF)c3nsc(N)n3)[C@@H]2SC1)CCN. The summed E-state index contributed by atoms with van der Waals surface area (Å²) in [7, 11) is 4.01. The number of nitrogens with one attached hydrogen (secondary N) is 1. The Bertz CT molecular complexity index is 1090. The normalized spacial score (nSPS) is 20.6. The van der Waals surface area contributed by atoms with Crippen LogP contribution in [-0.2, 0) is 19.2 Å². The van der Waals surface area contributed by atoms with Gasteiger partial charge in [-0.25, -0.2) is 9.18 Å². The number of carbonyl (C=O) groups is 3. The van der Waals surface area contributed by atoms with E-state index in [1.807, 2.05) is 20.2 Å². The lowest BCUT2D eigenvalue weighted by molar-refractivity contribution is -0.883. The molecule has 3 heterocycles. The van der Waals surface area contributed by atoms with E-state index in [0.29, 0.717) is 28.9 Å². The highest BCUT2D eigenvalue weighted by atomic mass is 32.2. The quantitative estimate of drug-likeness (QED) is 0.121. The van der Waals surface area contributed by atoms with Crippen molar-refractivity contribution in [2.45, 2.75) is 11.4 Å². The van der Waals surface area contributed by atoms with Crippen LogP contribution in [0.1, 0.15) is 5.82 Å². The summed E-state index contributed by atoms with van der Waals surface area (Å²) in [6.07, 6.45) is 3.57. The van der Waals surface area contributed by atoms with Crippen LogP contribution >= 0.6 is 23.3 Å². The molecule has 1 aromatic rings. The molecule has 1 fully saturated rings. The maximum atomic E-state index is 12.9. The van der Waals surface area contributed by atoms with E-state index in [4.69, 9.17) is 11.5 Å². The Morgan fingerprint density at radius 2 is 2.20 bits per heavy atom. The number of likely N-dealkylation sites (N-methyl/N-ethyl adjacent to an activating group) is 1. The zero-order valence-corrected chi connectivity index (χ0v) is 20.6. The van der Waals surface area contributed by atoms with Crippen molar-refractivity contribution in [1.82, 2.24) is 19.6 Å². The first-order chi connectivity index (χ1) is 16.6. The van der Waals surface area contributed by atoms with Gasteiger partial charge in [-0.05, 0) is 11.6 Å². The minimum atomic E-state index is -1.30. The Morgan fingerprint density at radius 3 is 2.80 bits per heavy atom. The minimum absolute atomic E-state index is 0.0523. The summed E-state index contributed by atoms with van der Waals surface area (Å²) in [6.45, 7) is 0.612. The van der Waals surface area contributed by atoms with Gasteiger partial charge in [-0.2, -0.15) is 9.36 Å². The van der Waals surface area contributed by atoms with Gasteiger partial charge >= 0.3 is 5.97 Å². The van der Waals surface area contributed by atoms with E-state index in [0.717, 1.165) is 23.0 Å². The van der Waals surface area contributed by atoms with Crippen LogP contribution in [-0.4, -0.2) is 105 Å². The van der Waals surface area contributed by atoms with Gasteiger partial charge in [-0.1, -0.05) is 11.2 Å². The molecule has 13 nitrogen and oxygen atoms in total. The Morgan fingerprint density at radius 1 is 1.46 bits per heavy atom. The number of carboxylic acid groups (broad SMARTS) is 1. The molecule has 0 aliphatic carbocycles. The molecule has 3 rings (SSSR count). The van der Waals surface area contributed by atoms with Crippen LogP contribution < -0.4 is 16.8 Å². The van der Waals surface area contributed by atoms with Gasteiger partial charge in [0.1, 0.15) is 17.1 Å². The number of β-lactam (4-membered cyclic amide) rings is 1. The van der Waals surface area contributed by atoms with E-state index < -0.39 is 41.8 Å². The number of nitrogens with zero attached hydrogens (tertiary/aromatic N) is 5. The number of halogens is 1. The summed E-state index contributed by atoms with van der Waals surface area (Å²) >= 11 is 2.10. The number of thioether (sulfide) groups is 1. The molecule has 16 heteroatoms. The van der Waals surface area contributed by atoms with Gasteiger partial charge in [-0.15, -0.1) is 11.8 Å². The highest BCUT2D eigenvalue weighted by Gasteiger charge is 2.54. The number of hydrogen-bond donors (Lipinski definition) is 4. The van der Waals surface area contributed by atoms with E-state index in [1.54, 1.807) is 6.08 Å². The molecule has 1 aromatic heterocycles. The highest BCUT2D eigenvalue weighted by Crippen LogP contribution is 2.40. The van der Waals surface area contributed by atoms with Gasteiger partial charge in [0.05, 0.1) is 27.2 Å². The molecule has 2 amide bonds. The number of nitrogen functional groups attached to an aromatic ring is 1. The third kappa shape index (κ3) is 5.95. The largest absolute Gasteiger partial charge is 0.477 e. The molecular weight excluding hydrogens is 503 g/mol. The van der Waals surface area contributed by atoms with E-state index in [1.165, 1.54) is 11.8 Å². The zero-order valence-electron chi connectivity index (χ0n) is 19.0. The molecule has 0 radical (unpaired) electrons. The number of carbonyl (C=O) groups excluding carboxylic acids is 2. The monoisotopic (exact) mass is 529 g/mol. The van der Waals surface area contributed by atoms with Gasteiger partial charge in [0.15, 0.2) is 5.13 Å². The molecule has 0 saturated carbocycles. The second-order valence-corrected chi connectivity index (χ2v) is 10.1. The van der Waals surface area contributed by atoms with Crippen LogP contribution in [0, 0.1) is 0 Å².